The van der Waals surface area contributed by atoms with Crippen molar-refractivity contribution in [3.05, 3.63) is 224 Å². The maximum absolute atomic E-state index is 6.96. The molecule has 67 heavy (non-hydrogen) atoms. The molecule has 0 saturated heterocycles. The van der Waals surface area contributed by atoms with Gasteiger partial charge in [-0.1, -0.05) is 139 Å². The van der Waals surface area contributed by atoms with Gasteiger partial charge < -0.3 is 23.7 Å². The molecule has 5 nitrogen and oxygen atoms in total. The van der Waals surface area contributed by atoms with E-state index in [2.05, 4.69) is 244 Å². The molecule has 0 saturated carbocycles. The van der Waals surface area contributed by atoms with Crippen molar-refractivity contribution in [1.29, 1.82) is 0 Å². The summed E-state index contributed by atoms with van der Waals surface area (Å²) >= 11 is 1.83. The number of hydrogen-bond donors (Lipinski definition) is 0. The molecular formula is C60H37BN4OS. The van der Waals surface area contributed by atoms with Crippen LogP contribution in [0.5, 0.6) is 0 Å². The topological polar surface area (TPSA) is 27.8 Å². The van der Waals surface area contributed by atoms with Crippen molar-refractivity contribution >= 4 is 130 Å². The summed E-state index contributed by atoms with van der Waals surface area (Å²) in [5.74, 6) is 0. The highest BCUT2D eigenvalue weighted by molar-refractivity contribution is 7.99. The van der Waals surface area contributed by atoms with E-state index in [1.807, 2.05) is 11.8 Å². The van der Waals surface area contributed by atoms with E-state index in [9.17, 15) is 0 Å². The van der Waals surface area contributed by atoms with Gasteiger partial charge in [0, 0.05) is 65.5 Å². The second-order valence-corrected chi connectivity index (χ2v) is 18.7. The van der Waals surface area contributed by atoms with Gasteiger partial charge in [0.25, 0.3) is 6.71 Å². The molecule has 0 amide bonds. The molecule has 3 aliphatic rings. The van der Waals surface area contributed by atoms with Gasteiger partial charge in [0.05, 0.1) is 33.8 Å². The Kier molecular flexibility index (Phi) is 7.74. The predicted octanol–water partition coefficient (Wildman–Crippen LogP) is 14.7. The van der Waals surface area contributed by atoms with Gasteiger partial charge in [-0.25, -0.2) is 0 Å². The van der Waals surface area contributed by atoms with Crippen LogP contribution in [0, 0.1) is 0 Å². The quantitative estimate of drug-likeness (QED) is 0.165. The van der Waals surface area contributed by atoms with Gasteiger partial charge in [-0.15, -0.1) is 0 Å². The van der Waals surface area contributed by atoms with Crippen LogP contribution in [0.25, 0.3) is 49.4 Å². The van der Waals surface area contributed by atoms with E-state index in [4.69, 9.17) is 4.42 Å². The molecular weight excluding hydrogens is 836 g/mol. The predicted molar refractivity (Wildman–Crippen MR) is 281 cm³/mol. The lowest BCUT2D eigenvalue weighted by Gasteiger charge is -2.45. The van der Waals surface area contributed by atoms with Crippen molar-refractivity contribution in [2.24, 2.45) is 0 Å². The molecule has 0 radical (unpaired) electrons. The molecule has 5 heterocycles. The van der Waals surface area contributed by atoms with Crippen LogP contribution in [-0.2, 0) is 0 Å². The summed E-state index contributed by atoms with van der Waals surface area (Å²) in [6.45, 7) is -0.0870. The maximum atomic E-state index is 6.96. The number of nitrogens with zero attached hydrogens (tertiary/aromatic N) is 4. The number of benzene rings is 10. The molecule has 0 unspecified atom stereocenters. The molecule has 2 aromatic heterocycles. The second kappa shape index (κ2) is 14.1. The van der Waals surface area contributed by atoms with Gasteiger partial charge in [-0.05, 0) is 113 Å². The van der Waals surface area contributed by atoms with Crippen LogP contribution in [0.3, 0.4) is 0 Å². The molecule has 15 rings (SSSR count). The molecule has 3 aliphatic heterocycles. The summed E-state index contributed by atoms with van der Waals surface area (Å²) in [5, 5.41) is 4.63. The third-order valence-electron chi connectivity index (χ3n) is 14.1. The third kappa shape index (κ3) is 5.17. The summed E-state index contributed by atoms with van der Waals surface area (Å²) in [5.41, 5.74) is 19.2. The minimum atomic E-state index is -0.0870. The van der Waals surface area contributed by atoms with Gasteiger partial charge >= 0.3 is 0 Å². The number of rotatable bonds is 3. The van der Waals surface area contributed by atoms with Crippen LogP contribution in [-0.4, -0.2) is 11.3 Å². The van der Waals surface area contributed by atoms with Crippen molar-refractivity contribution in [3.63, 3.8) is 0 Å². The fourth-order valence-corrected chi connectivity index (χ4v) is 12.5. The Morgan fingerprint density at radius 2 is 0.970 bits per heavy atom. The van der Waals surface area contributed by atoms with E-state index in [0.717, 1.165) is 67.3 Å². The number of fused-ring (bicyclic) bond motifs is 15. The zero-order chi connectivity index (χ0) is 43.7. The summed E-state index contributed by atoms with van der Waals surface area (Å²) < 4.78 is 9.39. The lowest BCUT2D eigenvalue weighted by atomic mass is 9.33. The van der Waals surface area contributed by atoms with E-state index in [1.54, 1.807) is 0 Å². The summed E-state index contributed by atoms with van der Waals surface area (Å²) in [6.07, 6.45) is 0. The first kappa shape index (κ1) is 36.9. The zero-order valence-corrected chi connectivity index (χ0v) is 36.9. The second-order valence-electron chi connectivity index (χ2n) is 17.6. The number of furan rings is 1. The lowest BCUT2D eigenvalue weighted by Crippen LogP contribution is -2.61. The molecule has 2 bridgehead atoms. The van der Waals surface area contributed by atoms with Crippen molar-refractivity contribution in [3.8, 4) is 5.69 Å². The highest BCUT2D eigenvalue weighted by atomic mass is 32.2. The minimum absolute atomic E-state index is 0.0870. The molecule has 0 atom stereocenters. The summed E-state index contributed by atoms with van der Waals surface area (Å²) in [6, 6.07) is 82.2. The zero-order valence-electron chi connectivity index (χ0n) is 36.0. The molecule has 0 N–H and O–H groups in total. The fraction of sp³-hybridized carbons (Fsp3) is 0. The van der Waals surface area contributed by atoms with Gasteiger partial charge in [0.2, 0.25) is 0 Å². The average molecular weight is 873 g/mol. The van der Waals surface area contributed by atoms with Crippen molar-refractivity contribution in [2.75, 3.05) is 14.7 Å². The Hall–Kier alpha value is -8.39. The largest absolute Gasteiger partial charge is 0.454 e. The number of aromatic nitrogens is 1. The first-order chi connectivity index (χ1) is 33.3. The molecule has 10 aromatic carbocycles. The monoisotopic (exact) mass is 872 g/mol. The summed E-state index contributed by atoms with van der Waals surface area (Å²) in [4.78, 5) is 9.88. The van der Waals surface area contributed by atoms with Gasteiger partial charge in [-0.2, -0.15) is 0 Å². The first-order valence-electron chi connectivity index (χ1n) is 22.9. The molecule has 7 heteroatoms. The van der Waals surface area contributed by atoms with Gasteiger partial charge in [0.1, 0.15) is 5.58 Å². The Morgan fingerprint density at radius 1 is 0.373 bits per heavy atom. The smallest absolute Gasteiger partial charge is 0.252 e. The molecule has 0 fully saturated rings. The van der Waals surface area contributed by atoms with Gasteiger partial charge in [0.15, 0.2) is 5.58 Å². The third-order valence-corrected chi connectivity index (χ3v) is 15.2. The number of hydrogen-bond acceptors (Lipinski definition) is 5. The Bertz CT molecular complexity index is 4010. The van der Waals surface area contributed by atoms with Crippen molar-refractivity contribution < 1.29 is 4.42 Å². The maximum Gasteiger partial charge on any atom is 0.252 e. The Labute approximate surface area is 391 Å². The van der Waals surface area contributed by atoms with Crippen LogP contribution in [0.4, 0.5) is 51.2 Å². The van der Waals surface area contributed by atoms with Crippen LogP contribution in [0.2, 0.25) is 0 Å². The SMILES string of the molecule is c1ccc(N2c3ccc4c(c3)N(c3ccccc3Sc3ccccc32)c2cccc3c2B4c2ccc4c(c2N3c2cccc3c2oc2ccccc23)c2ccccc2n4-c2ccccc2)cc1. The van der Waals surface area contributed by atoms with Gasteiger partial charge in [-0.3, -0.25) is 0 Å². The first-order valence-corrected chi connectivity index (χ1v) is 23.7. The molecule has 312 valence electrons. The molecule has 0 spiro atoms. The highest BCUT2D eigenvalue weighted by Crippen LogP contribution is 2.53. The molecule has 12 aromatic rings. The lowest BCUT2D eigenvalue weighted by molar-refractivity contribution is 0.669. The standard InChI is InChI=1S/C60H37BN4OS/c1-3-17-38(18-4-1)62-40-33-34-44-53(37-40)64(48-26-11-14-32-56(48)67-55-31-13-10-25-47(55)62)50-27-16-28-51-58(50)61(44)45-35-36-49-57(43-22-7-9-24-46(43)63(49)39-19-5-2-6-20-39)59(45)65(51)52-29-15-23-42-41-21-8-12-30-54(41)66-60(42)52/h1-37H. The van der Waals surface area contributed by atoms with Crippen molar-refractivity contribution in [2.45, 2.75) is 9.79 Å². The number of para-hydroxylation sites is 7. The normalized spacial score (nSPS) is 13.5. The van der Waals surface area contributed by atoms with Crippen molar-refractivity contribution in [1.82, 2.24) is 4.57 Å². The van der Waals surface area contributed by atoms with E-state index in [0.29, 0.717) is 0 Å². The van der Waals surface area contributed by atoms with Crippen LogP contribution >= 0.6 is 11.8 Å². The van der Waals surface area contributed by atoms with Crippen LogP contribution in [0.1, 0.15) is 0 Å². The van der Waals surface area contributed by atoms with E-state index >= 15 is 0 Å². The Morgan fingerprint density at radius 3 is 1.78 bits per heavy atom. The summed E-state index contributed by atoms with van der Waals surface area (Å²) in [7, 11) is 0. The van der Waals surface area contributed by atoms with Crippen LogP contribution < -0.4 is 31.1 Å². The Balaban J connectivity index is 1.08. The fourth-order valence-electron chi connectivity index (χ4n) is 11.4. The molecule has 0 aliphatic carbocycles. The highest BCUT2D eigenvalue weighted by Gasteiger charge is 2.45. The number of anilines is 9. The average Bonchev–Trinajstić information content (AvgIpc) is 3.94. The van der Waals surface area contributed by atoms with E-state index < -0.39 is 0 Å². The minimum Gasteiger partial charge on any atom is -0.454 e. The van der Waals surface area contributed by atoms with E-state index in [-0.39, 0.29) is 6.71 Å². The van der Waals surface area contributed by atoms with Crippen LogP contribution in [0.15, 0.2) is 239 Å². The van der Waals surface area contributed by atoms with E-state index in [1.165, 1.54) is 59.5 Å².